The summed E-state index contributed by atoms with van der Waals surface area (Å²) in [4.78, 5) is 18.1. The second-order valence-corrected chi connectivity index (χ2v) is 9.97. The molecule has 6 nitrogen and oxygen atoms in total. The topological polar surface area (TPSA) is 59.1 Å². The molecule has 1 aliphatic carbocycles. The number of piperidine rings is 1. The van der Waals surface area contributed by atoms with Crippen LogP contribution in [0, 0.1) is 5.92 Å². The van der Waals surface area contributed by atoms with Crippen LogP contribution in [0.25, 0.3) is 0 Å². The number of aliphatic hydroxyl groups is 1. The van der Waals surface area contributed by atoms with E-state index < -0.39 is 6.35 Å². The van der Waals surface area contributed by atoms with Gasteiger partial charge < -0.3 is 10.0 Å². The number of carbonyl (C=O) groups excluding carboxylic acids is 1. The molecule has 30 heavy (non-hydrogen) atoms. The van der Waals surface area contributed by atoms with E-state index in [-0.39, 0.29) is 17.0 Å². The Kier molecular flexibility index (Phi) is 6.22. The Morgan fingerprint density at radius 3 is 2.33 bits per heavy atom. The lowest BCUT2D eigenvalue weighted by Crippen LogP contribution is -2.54. The van der Waals surface area contributed by atoms with Crippen LogP contribution >= 0.6 is 0 Å². The third-order valence-corrected chi connectivity index (χ3v) is 8.04. The fraction of sp³-hybridized carbons (Fsp3) is 0.708. The monoisotopic (exact) mass is 414 g/mol. The number of benzene rings is 1. The number of carbonyl (C=O) groups is 1. The van der Waals surface area contributed by atoms with E-state index in [0.717, 1.165) is 64.7 Å². The lowest BCUT2D eigenvalue weighted by molar-refractivity contribution is -0.130. The number of hydrogen-bond donors (Lipinski definition) is 2. The summed E-state index contributed by atoms with van der Waals surface area (Å²) in [5, 5.41) is 14.3. The van der Waals surface area contributed by atoms with Crippen LogP contribution in [0.15, 0.2) is 30.3 Å². The minimum absolute atomic E-state index is 0.00773. The SMILES string of the molecule is CC(=O)N1CCC(CN2CC3(CCC(c4ccccc4)(N(C)C)CC3)NC2O)CC1. The van der Waals surface area contributed by atoms with Gasteiger partial charge in [-0.1, -0.05) is 30.3 Å². The second-order valence-electron chi connectivity index (χ2n) is 9.97. The summed E-state index contributed by atoms with van der Waals surface area (Å²) >= 11 is 0. The van der Waals surface area contributed by atoms with Crippen molar-refractivity contribution in [1.29, 1.82) is 0 Å². The van der Waals surface area contributed by atoms with Gasteiger partial charge in [0.25, 0.3) is 0 Å². The Balaban J connectivity index is 1.37. The molecule has 2 heterocycles. The third kappa shape index (κ3) is 4.15. The first-order chi connectivity index (χ1) is 14.3. The number of amides is 1. The number of nitrogens with one attached hydrogen (secondary N) is 1. The van der Waals surface area contributed by atoms with Crippen molar-refractivity contribution in [3.63, 3.8) is 0 Å². The average Bonchev–Trinajstić information content (AvgIpc) is 3.04. The van der Waals surface area contributed by atoms with Crippen molar-refractivity contribution < 1.29 is 9.90 Å². The quantitative estimate of drug-likeness (QED) is 0.791. The molecule has 1 aromatic rings. The van der Waals surface area contributed by atoms with E-state index in [1.807, 2.05) is 4.90 Å². The maximum atomic E-state index is 11.6. The highest BCUT2D eigenvalue weighted by molar-refractivity contribution is 5.73. The minimum atomic E-state index is -0.556. The zero-order chi connectivity index (χ0) is 21.4. The van der Waals surface area contributed by atoms with Crippen LogP contribution < -0.4 is 5.32 Å². The fourth-order valence-electron chi connectivity index (χ4n) is 6.00. The molecule has 4 rings (SSSR count). The molecule has 1 spiro atoms. The summed E-state index contributed by atoms with van der Waals surface area (Å²) in [5.41, 5.74) is 1.48. The van der Waals surface area contributed by atoms with Crippen molar-refractivity contribution in [1.82, 2.24) is 20.0 Å². The van der Waals surface area contributed by atoms with Gasteiger partial charge in [-0.2, -0.15) is 0 Å². The van der Waals surface area contributed by atoms with Gasteiger partial charge in [0.1, 0.15) is 0 Å². The molecule has 6 heteroatoms. The standard InChI is InChI=1S/C24H38N4O2/c1-19(29)27-15-9-20(10-16-27)17-28-18-23(25-22(28)30)11-13-24(14-12-23,26(2)3)21-7-5-4-6-8-21/h4-8,20,22,25,30H,9-18H2,1-3H3. The smallest absolute Gasteiger partial charge is 0.219 e. The molecular weight excluding hydrogens is 376 g/mol. The van der Waals surface area contributed by atoms with Gasteiger partial charge >= 0.3 is 0 Å². The number of hydrogen-bond acceptors (Lipinski definition) is 5. The molecule has 2 N–H and O–H groups in total. The van der Waals surface area contributed by atoms with Crippen molar-refractivity contribution in [2.75, 3.05) is 40.3 Å². The van der Waals surface area contributed by atoms with Crippen LogP contribution in [0.1, 0.15) is 51.0 Å². The Morgan fingerprint density at radius 1 is 1.13 bits per heavy atom. The summed E-state index contributed by atoms with van der Waals surface area (Å²) in [6, 6.07) is 10.9. The van der Waals surface area contributed by atoms with Gasteiger partial charge in [-0.05, 0) is 64.1 Å². The average molecular weight is 415 g/mol. The van der Waals surface area contributed by atoms with E-state index in [1.54, 1.807) is 6.92 Å². The Morgan fingerprint density at radius 2 is 1.77 bits per heavy atom. The van der Waals surface area contributed by atoms with Crippen molar-refractivity contribution in [2.24, 2.45) is 5.92 Å². The van der Waals surface area contributed by atoms with Crippen LogP contribution in [0.3, 0.4) is 0 Å². The van der Waals surface area contributed by atoms with Crippen molar-refractivity contribution >= 4 is 5.91 Å². The van der Waals surface area contributed by atoms with E-state index in [4.69, 9.17) is 0 Å². The maximum absolute atomic E-state index is 11.6. The van der Waals surface area contributed by atoms with E-state index >= 15 is 0 Å². The number of rotatable bonds is 4. The van der Waals surface area contributed by atoms with Gasteiger partial charge in [0, 0.05) is 44.2 Å². The Bertz CT molecular complexity index is 722. The molecule has 0 bridgehead atoms. The number of aliphatic hydroxyl groups excluding tert-OH is 1. The highest BCUT2D eigenvalue weighted by atomic mass is 16.3. The van der Waals surface area contributed by atoms with Gasteiger partial charge in [-0.25, -0.2) is 0 Å². The largest absolute Gasteiger partial charge is 0.365 e. The van der Waals surface area contributed by atoms with Gasteiger partial charge in [0.15, 0.2) is 6.35 Å². The minimum Gasteiger partial charge on any atom is -0.365 e. The second kappa shape index (κ2) is 8.58. The predicted molar refractivity (Wildman–Crippen MR) is 119 cm³/mol. The highest BCUT2D eigenvalue weighted by Gasteiger charge is 2.50. The van der Waals surface area contributed by atoms with Crippen LogP contribution in [-0.2, 0) is 10.3 Å². The lowest BCUT2D eigenvalue weighted by atomic mass is 9.69. The summed E-state index contributed by atoms with van der Waals surface area (Å²) < 4.78 is 0. The van der Waals surface area contributed by atoms with Crippen LogP contribution in [0.4, 0.5) is 0 Å². The van der Waals surface area contributed by atoms with Crippen molar-refractivity contribution in [3.8, 4) is 0 Å². The predicted octanol–water partition coefficient (Wildman–Crippen LogP) is 2.20. The van der Waals surface area contributed by atoms with Crippen LogP contribution in [-0.4, -0.2) is 77.9 Å². The lowest BCUT2D eigenvalue weighted by Gasteiger charge is -2.49. The van der Waals surface area contributed by atoms with E-state index in [2.05, 4.69) is 59.5 Å². The van der Waals surface area contributed by atoms with Crippen molar-refractivity contribution in [3.05, 3.63) is 35.9 Å². The van der Waals surface area contributed by atoms with Gasteiger partial charge in [-0.15, -0.1) is 0 Å². The molecule has 1 aromatic carbocycles. The molecule has 2 saturated heterocycles. The molecule has 166 valence electrons. The highest BCUT2D eigenvalue weighted by Crippen LogP contribution is 2.46. The summed E-state index contributed by atoms with van der Waals surface area (Å²) in [6.07, 6.45) is 5.83. The molecule has 0 radical (unpaired) electrons. The fourth-order valence-corrected chi connectivity index (χ4v) is 6.00. The van der Waals surface area contributed by atoms with Crippen molar-refractivity contribution in [2.45, 2.75) is 62.9 Å². The Labute approximate surface area is 181 Å². The normalized spacial score (nSPS) is 33.5. The molecule has 3 aliphatic rings. The van der Waals surface area contributed by atoms with Gasteiger partial charge in [0.05, 0.1) is 0 Å². The van der Waals surface area contributed by atoms with Gasteiger partial charge in [-0.3, -0.25) is 19.9 Å². The first kappa shape index (κ1) is 21.8. The van der Waals surface area contributed by atoms with Crippen LogP contribution in [0.2, 0.25) is 0 Å². The molecule has 1 atom stereocenters. The molecule has 2 aliphatic heterocycles. The van der Waals surface area contributed by atoms with E-state index in [9.17, 15) is 9.90 Å². The molecule has 3 fully saturated rings. The molecular formula is C24H38N4O2. The van der Waals surface area contributed by atoms with E-state index in [1.165, 1.54) is 5.56 Å². The summed E-state index contributed by atoms with van der Waals surface area (Å²) in [5.74, 6) is 0.737. The first-order valence-corrected chi connectivity index (χ1v) is 11.5. The first-order valence-electron chi connectivity index (χ1n) is 11.5. The summed E-state index contributed by atoms with van der Waals surface area (Å²) in [6.45, 7) is 5.19. The van der Waals surface area contributed by atoms with E-state index in [0.29, 0.717) is 5.92 Å². The number of nitrogens with zero attached hydrogens (tertiary/aromatic N) is 3. The maximum Gasteiger partial charge on any atom is 0.219 e. The summed E-state index contributed by atoms with van der Waals surface area (Å²) in [7, 11) is 4.39. The van der Waals surface area contributed by atoms with Crippen LogP contribution in [0.5, 0.6) is 0 Å². The van der Waals surface area contributed by atoms with Gasteiger partial charge in [0.2, 0.25) is 5.91 Å². The zero-order valence-corrected chi connectivity index (χ0v) is 18.8. The molecule has 1 unspecified atom stereocenters. The zero-order valence-electron chi connectivity index (χ0n) is 18.8. The Hall–Kier alpha value is -1.47. The number of likely N-dealkylation sites (tertiary alicyclic amines) is 1. The molecule has 0 aromatic heterocycles. The third-order valence-electron chi connectivity index (χ3n) is 8.04. The molecule has 1 saturated carbocycles. The molecule has 1 amide bonds.